The van der Waals surface area contributed by atoms with Crippen LogP contribution in [-0.2, 0) is 57.0 Å². The van der Waals surface area contributed by atoms with Crippen molar-refractivity contribution in [2.75, 3.05) is 161 Å². The standard InChI is InChI=1S/C59H93N11O14S/c1-46-16-17-48(43-50(46)68-57-64-22-18-49(67-57)47-11-10-19-60-44-47)66-58(74)65-24-26-77-28-30-79-32-34-81-36-38-83-40-42-84-41-39-82-37-35-80-33-31-78-29-27-76-25-23-63-55(73)14-5-3-9-20-61-53(71)13-4-2-8-21-62-54(72)15-7-6-12-52-56-51(45-85-52)69-59(75)70-56/h10-11,16-19,22,43-44,51-52,56H,2-9,12-15,20-21,23-42,45H2,1H3,(H,61,71)(H,62,72)(H,63,73)(H,64,67,68)(H2,65,66,74)(H2,69,70,75)/t51-,52-,56-/m0/s1. The molecule has 0 bridgehead atoms. The molecule has 26 heteroatoms. The molecule has 474 valence electrons. The van der Waals surface area contributed by atoms with Crippen LogP contribution in [0, 0.1) is 6.92 Å². The lowest BCUT2D eigenvalue weighted by Gasteiger charge is -2.16. The van der Waals surface area contributed by atoms with Crippen LogP contribution in [0.3, 0.4) is 0 Å². The SMILES string of the molecule is Cc1ccc(NC(=O)NCCOCCOCCOCCOCCOCCOCCOCCOCCOCCNC(=O)CCCCCNC(=O)CCCCCNC(=O)CCCC[C@@H]2SC[C@@H]3NC(=O)N[C@@H]32)cc1Nc1nccc(-c2cccnc2)n1. The van der Waals surface area contributed by atoms with Gasteiger partial charge < -0.3 is 85.2 Å². The summed E-state index contributed by atoms with van der Waals surface area (Å²) in [6.45, 7) is 11.8. The molecule has 3 atom stereocenters. The molecule has 5 rings (SSSR count). The minimum Gasteiger partial charge on any atom is -0.377 e. The Hall–Kier alpha value is -5.81. The van der Waals surface area contributed by atoms with Gasteiger partial charge in [-0.1, -0.05) is 25.3 Å². The number of aromatic nitrogens is 3. The average molecular weight is 1210 g/mol. The van der Waals surface area contributed by atoms with E-state index >= 15 is 0 Å². The molecule has 3 aromatic rings. The van der Waals surface area contributed by atoms with Gasteiger partial charge in [-0.05, 0) is 81.3 Å². The molecule has 0 saturated carbocycles. The predicted molar refractivity (Wildman–Crippen MR) is 324 cm³/mol. The normalized spacial score (nSPS) is 15.2. The number of nitrogens with one attached hydrogen (secondary N) is 8. The highest BCUT2D eigenvalue weighted by Gasteiger charge is 2.42. The zero-order valence-electron chi connectivity index (χ0n) is 49.6. The number of aryl methyl sites for hydroxylation is 1. The van der Waals surface area contributed by atoms with Crippen molar-refractivity contribution in [3.63, 3.8) is 0 Å². The van der Waals surface area contributed by atoms with Crippen molar-refractivity contribution in [3.8, 4) is 11.3 Å². The van der Waals surface area contributed by atoms with Gasteiger partial charge in [0.1, 0.15) is 0 Å². The van der Waals surface area contributed by atoms with E-state index in [4.69, 9.17) is 42.6 Å². The number of urea groups is 2. The predicted octanol–water partition coefficient (Wildman–Crippen LogP) is 5.06. The van der Waals surface area contributed by atoms with Gasteiger partial charge >= 0.3 is 12.1 Å². The number of pyridine rings is 1. The number of ether oxygens (including phenoxy) is 9. The van der Waals surface area contributed by atoms with E-state index in [1.807, 2.05) is 55.1 Å². The summed E-state index contributed by atoms with van der Waals surface area (Å²) < 4.78 is 49.8. The highest BCUT2D eigenvalue weighted by atomic mass is 32.2. The third-order valence-corrected chi connectivity index (χ3v) is 14.8. The number of hydrogen-bond acceptors (Lipinski definition) is 19. The average Bonchev–Trinajstić information content (AvgIpc) is 4.30. The maximum absolute atomic E-state index is 12.5. The number of rotatable bonds is 51. The van der Waals surface area contributed by atoms with E-state index < -0.39 is 0 Å². The van der Waals surface area contributed by atoms with Crippen LogP contribution in [0.4, 0.5) is 26.9 Å². The van der Waals surface area contributed by atoms with Crippen LogP contribution in [0.2, 0.25) is 0 Å². The van der Waals surface area contributed by atoms with Crippen LogP contribution in [0.25, 0.3) is 11.3 Å². The largest absolute Gasteiger partial charge is 0.377 e. The van der Waals surface area contributed by atoms with E-state index in [1.54, 1.807) is 18.6 Å². The molecule has 25 nitrogen and oxygen atoms in total. The summed E-state index contributed by atoms with van der Waals surface area (Å²) in [6, 6.07) is 11.2. The van der Waals surface area contributed by atoms with E-state index in [9.17, 15) is 24.0 Å². The van der Waals surface area contributed by atoms with Crippen molar-refractivity contribution in [3.05, 3.63) is 60.6 Å². The Morgan fingerprint density at radius 1 is 0.565 bits per heavy atom. The van der Waals surface area contributed by atoms with Gasteiger partial charge in [0, 0.05) is 92.0 Å². The van der Waals surface area contributed by atoms with Crippen molar-refractivity contribution in [2.24, 2.45) is 0 Å². The summed E-state index contributed by atoms with van der Waals surface area (Å²) in [5, 5.41) is 24.1. The molecule has 7 amide bonds. The second kappa shape index (κ2) is 45.5. The summed E-state index contributed by atoms with van der Waals surface area (Å²) in [5.41, 5.74) is 3.98. The first-order valence-electron chi connectivity index (χ1n) is 30.1. The first kappa shape index (κ1) is 70.0. The van der Waals surface area contributed by atoms with Crippen LogP contribution >= 0.6 is 11.8 Å². The fraction of sp³-hybridized carbons (Fsp3) is 0.661. The molecule has 0 unspecified atom stereocenters. The lowest BCUT2D eigenvalue weighted by Crippen LogP contribution is -2.36. The summed E-state index contributed by atoms with van der Waals surface area (Å²) in [4.78, 5) is 73.6. The van der Waals surface area contributed by atoms with Crippen molar-refractivity contribution in [1.29, 1.82) is 0 Å². The lowest BCUT2D eigenvalue weighted by atomic mass is 10.0. The number of unbranched alkanes of at least 4 members (excludes halogenated alkanes) is 5. The summed E-state index contributed by atoms with van der Waals surface area (Å²) in [5.74, 6) is 1.48. The Labute approximate surface area is 505 Å². The lowest BCUT2D eigenvalue weighted by molar-refractivity contribution is -0.122. The molecule has 0 spiro atoms. The van der Waals surface area contributed by atoms with Crippen molar-refractivity contribution in [1.82, 2.24) is 46.9 Å². The topological polar surface area (TPSA) is 303 Å². The molecule has 2 aliphatic heterocycles. The van der Waals surface area contributed by atoms with E-state index in [1.165, 1.54) is 0 Å². The number of anilines is 3. The molecule has 2 saturated heterocycles. The fourth-order valence-electron chi connectivity index (χ4n) is 8.75. The Morgan fingerprint density at radius 2 is 1.07 bits per heavy atom. The Bertz CT molecular complexity index is 2320. The fourth-order valence-corrected chi connectivity index (χ4v) is 10.3. The summed E-state index contributed by atoms with van der Waals surface area (Å²) in [6.07, 6.45) is 14.3. The molecule has 0 radical (unpaired) electrons. The molecule has 2 aromatic heterocycles. The highest BCUT2D eigenvalue weighted by molar-refractivity contribution is 8.00. The number of hydrogen-bond donors (Lipinski definition) is 8. The van der Waals surface area contributed by atoms with Crippen LogP contribution in [0.5, 0.6) is 0 Å². The smallest absolute Gasteiger partial charge is 0.319 e. The van der Waals surface area contributed by atoms with Crippen LogP contribution < -0.4 is 42.5 Å². The van der Waals surface area contributed by atoms with Gasteiger partial charge in [-0.15, -0.1) is 0 Å². The van der Waals surface area contributed by atoms with Crippen LogP contribution in [-0.4, -0.2) is 213 Å². The first-order chi connectivity index (χ1) is 41.7. The number of nitrogens with zero attached hydrogens (tertiary/aromatic N) is 3. The van der Waals surface area contributed by atoms with Crippen LogP contribution in [0.15, 0.2) is 55.0 Å². The minimum atomic E-state index is -0.347. The molecular weight excluding hydrogens is 1120 g/mol. The summed E-state index contributed by atoms with van der Waals surface area (Å²) >= 11 is 1.90. The van der Waals surface area contributed by atoms with Crippen molar-refractivity contribution >= 4 is 58.9 Å². The number of thioether (sulfide) groups is 1. The number of benzene rings is 1. The van der Waals surface area contributed by atoms with E-state index in [0.29, 0.717) is 181 Å². The molecule has 4 heterocycles. The van der Waals surface area contributed by atoms with Gasteiger partial charge in [-0.2, -0.15) is 11.8 Å². The van der Waals surface area contributed by atoms with E-state index in [-0.39, 0.29) is 41.9 Å². The third-order valence-electron chi connectivity index (χ3n) is 13.3. The first-order valence-corrected chi connectivity index (χ1v) is 31.1. The molecule has 8 N–H and O–H groups in total. The Balaban J connectivity index is 0.657. The second-order valence-corrected chi connectivity index (χ2v) is 21.4. The maximum Gasteiger partial charge on any atom is 0.319 e. The van der Waals surface area contributed by atoms with Gasteiger partial charge in [-0.25, -0.2) is 19.6 Å². The molecular formula is C59H93N11O14S. The monoisotopic (exact) mass is 1210 g/mol. The van der Waals surface area contributed by atoms with Gasteiger partial charge in [0.15, 0.2) is 0 Å². The van der Waals surface area contributed by atoms with Crippen LogP contribution in [0.1, 0.15) is 82.6 Å². The molecule has 2 fully saturated rings. The Morgan fingerprint density at radius 3 is 1.60 bits per heavy atom. The van der Waals surface area contributed by atoms with Crippen molar-refractivity contribution < 1.29 is 66.6 Å². The number of carbonyl (C=O) groups is 5. The minimum absolute atomic E-state index is 0.0115. The molecule has 0 aliphatic carbocycles. The molecule has 85 heavy (non-hydrogen) atoms. The van der Waals surface area contributed by atoms with E-state index in [0.717, 1.165) is 86.0 Å². The Kier molecular flexibility index (Phi) is 37.4. The van der Waals surface area contributed by atoms with Gasteiger partial charge in [0.2, 0.25) is 23.7 Å². The maximum atomic E-state index is 12.5. The molecule has 2 aliphatic rings. The second-order valence-electron chi connectivity index (χ2n) is 20.1. The zero-order valence-corrected chi connectivity index (χ0v) is 50.5. The summed E-state index contributed by atoms with van der Waals surface area (Å²) in [7, 11) is 0. The number of carbonyl (C=O) groups excluding carboxylic acids is 5. The number of fused-ring (bicyclic) bond motifs is 1. The van der Waals surface area contributed by atoms with Gasteiger partial charge in [-0.3, -0.25) is 19.4 Å². The zero-order chi connectivity index (χ0) is 60.0. The van der Waals surface area contributed by atoms with Crippen molar-refractivity contribution in [2.45, 2.75) is 101 Å². The van der Waals surface area contributed by atoms with Gasteiger partial charge in [0.25, 0.3) is 0 Å². The number of amides is 7. The van der Waals surface area contributed by atoms with Gasteiger partial charge in [0.05, 0.1) is 137 Å². The third kappa shape index (κ3) is 33.0. The molecule has 1 aromatic carbocycles. The quantitative estimate of drug-likeness (QED) is 0.0271. The highest BCUT2D eigenvalue weighted by Crippen LogP contribution is 2.33. The van der Waals surface area contributed by atoms with E-state index in [2.05, 4.69) is 57.5 Å².